The van der Waals surface area contributed by atoms with Crippen molar-refractivity contribution < 1.29 is 9.90 Å². The van der Waals surface area contributed by atoms with E-state index in [9.17, 15) is 4.79 Å². The van der Waals surface area contributed by atoms with Crippen LogP contribution in [0.15, 0.2) is 58.7 Å². The van der Waals surface area contributed by atoms with Gasteiger partial charge in [0.2, 0.25) is 0 Å². The van der Waals surface area contributed by atoms with Crippen LogP contribution < -0.4 is 5.73 Å². The van der Waals surface area contributed by atoms with E-state index in [2.05, 4.69) is 9.97 Å². The maximum Gasteiger partial charge on any atom is 0.335 e. The molecule has 0 amide bonds. The summed E-state index contributed by atoms with van der Waals surface area (Å²) in [7, 11) is 0. The number of carboxylic acid groups (broad SMARTS) is 1. The van der Waals surface area contributed by atoms with Gasteiger partial charge in [-0.15, -0.1) is 0 Å². The summed E-state index contributed by atoms with van der Waals surface area (Å²) in [6, 6.07) is 12.4. The van der Waals surface area contributed by atoms with Gasteiger partial charge in [0.1, 0.15) is 11.4 Å². The number of nitrogens with two attached hydrogens (primary N) is 1. The highest BCUT2D eigenvalue weighted by atomic mass is 32.2. The molecule has 0 atom stereocenters. The van der Waals surface area contributed by atoms with E-state index < -0.39 is 5.97 Å². The van der Waals surface area contributed by atoms with Gasteiger partial charge in [-0.25, -0.2) is 14.8 Å². The standard InChI is InChI=1S/C15H11N3O2S/c16-11-7-9(15(19)20)5-6-13(11)21-14-10-3-1-2-4-12(10)17-8-18-14/h1-8H,16H2,(H,19,20). The largest absolute Gasteiger partial charge is 0.478 e. The molecule has 104 valence electrons. The molecule has 2 aromatic carbocycles. The Morgan fingerprint density at radius 1 is 1.14 bits per heavy atom. The topological polar surface area (TPSA) is 89.1 Å². The number of carbonyl (C=O) groups is 1. The molecule has 0 radical (unpaired) electrons. The van der Waals surface area contributed by atoms with Gasteiger partial charge in [0, 0.05) is 16.0 Å². The number of fused-ring (bicyclic) bond motifs is 1. The lowest BCUT2D eigenvalue weighted by molar-refractivity contribution is 0.0697. The number of carboxylic acids is 1. The fourth-order valence-corrected chi connectivity index (χ4v) is 2.84. The second kappa shape index (κ2) is 5.41. The number of hydrogen-bond donors (Lipinski definition) is 2. The zero-order valence-corrected chi connectivity index (χ0v) is 11.7. The normalized spacial score (nSPS) is 10.7. The lowest BCUT2D eigenvalue weighted by atomic mass is 10.2. The van der Waals surface area contributed by atoms with Crippen LogP contribution in [0.5, 0.6) is 0 Å². The summed E-state index contributed by atoms with van der Waals surface area (Å²) >= 11 is 1.40. The van der Waals surface area contributed by atoms with Gasteiger partial charge in [0.15, 0.2) is 0 Å². The second-order valence-electron chi connectivity index (χ2n) is 4.36. The summed E-state index contributed by atoms with van der Waals surface area (Å²) in [4.78, 5) is 20.2. The first kappa shape index (κ1) is 13.4. The van der Waals surface area contributed by atoms with Crippen molar-refractivity contribution >= 4 is 34.3 Å². The third-order valence-corrected chi connectivity index (χ3v) is 4.08. The minimum absolute atomic E-state index is 0.171. The third kappa shape index (κ3) is 2.66. The average molecular weight is 297 g/mol. The quantitative estimate of drug-likeness (QED) is 0.570. The zero-order valence-electron chi connectivity index (χ0n) is 10.9. The van der Waals surface area contributed by atoms with E-state index in [0.29, 0.717) is 5.69 Å². The summed E-state index contributed by atoms with van der Waals surface area (Å²) in [6.45, 7) is 0. The van der Waals surface area contributed by atoms with Crippen LogP contribution in [0, 0.1) is 0 Å². The number of aromatic carboxylic acids is 1. The van der Waals surface area contributed by atoms with Gasteiger partial charge in [-0.1, -0.05) is 30.0 Å². The molecule has 0 aliphatic heterocycles. The molecule has 5 nitrogen and oxygen atoms in total. The number of nitrogen functional groups attached to an aromatic ring is 1. The van der Waals surface area contributed by atoms with Crippen LogP contribution in [0.4, 0.5) is 5.69 Å². The summed E-state index contributed by atoms with van der Waals surface area (Å²) in [5, 5.41) is 10.7. The van der Waals surface area contributed by atoms with E-state index in [1.807, 2.05) is 24.3 Å². The van der Waals surface area contributed by atoms with E-state index in [0.717, 1.165) is 20.8 Å². The van der Waals surface area contributed by atoms with Crippen molar-refractivity contribution in [3.63, 3.8) is 0 Å². The van der Waals surface area contributed by atoms with E-state index in [4.69, 9.17) is 10.8 Å². The molecule has 3 rings (SSSR count). The fourth-order valence-electron chi connectivity index (χ4n) is 1.94. The number of benzene rings is 2. The summed E-state index contributed by atoms with van der Waals surface area (Å²) in [5.41, 5.74) is 7.37. The van der Waals surface area contributed by atoms with E-state index in [1.54, 1.807) is 6.07 Å². The van der Waals surface area contributed by atoms with Crippen molar-refractivity contribution in [3.05, 3.63) is 54.4 Å². The van der Waals surface area contributed by atoms with Crippen molar-refractivity contribution in [2.24, 2.45) is 0 Å². The Labute approximate surface area is 124 Å². The Morgan fingerprint density at radius 3 is 2.71 bits per heavy atom. The van der Waals surface area contributed by atoms with E-state index in [1.165, 1.54) is 30.2 Å². The highest BCUT2D eigenvalue weighted by Gasteiger charge is 2.10. The lowest BCUT2D eigenvalue weighted by Crippen LogP contribution is -1.98. The lowest BCUT2D eigenvalue weighted by Gasteiger charge is -2.07. The molecule has 0 saturated carbocycles. The number of hydrogen-bond acceptors (Lipinski definition) is 5. The molecule has 0 aliphatic carbocycles. The number of nitrogens with zero attached hydrogens (tertiary/aromatic N) is 2. The minimum Gasteiger partial charge on any atom is -0.478 e. The highest BCUT2D eigenvalue weighted by Crippen LogP contribution is 2.34. The SMILES string of the molecule is Nc1cc(C(=O)O)ccc1Sc1ncnc2ccccc12. The predicted molar refractivity (Wildman–Crippen MR) is 81.5 cm³/mol. The zero-order chi connectivity index (χ0) is 14.8. The molecule has 0 unspecified atom stereocenters. The first-order valence-corrected chi connectivity index (χ1v) is 6.97. The Kier molecular flexibility index (Phi) is 3.45. The molecule has 0 bridgehead atoms. The minimum atomic E-state index is -0.995. The number of rotatable bonds is 3. The molecule has 1 aromatic heterocycles. The van der Waals surface area contributed by atoms with Crippen LogP contribution in [0.2, 0.25) is 0 Å². The number of anilines is 1. The summed E-state index contributed by atoms with van der Waals surface area (Å²) in [6.07, 6.45) is 1.51. The highest BCUT2D eigenvalue weighted by molar-refractivity contribution is 7.99. The van der Waals surface area contributed by atoms with Crippen molar-refractivity contribution in [2.75, 3.05) is 5.73 Å². The molecule has 1 heterocycles. The van der Waals surface area contributed by atoms with Gasteiger partial charge in [-0.2, -0.15) is 0 Å². The van der Waals surface area contributed by atoms with Gasteiger partial charge in [0.05, 0.1) is 11.1 Å². The maximum atomic E-state index is 10.9. The van der Waals surface area contributed by atoms with Gasteiger partial charge >= 0.3 is 5.97 Å². The Morgan fingerprint density at radius 2 is 1.95 bits per heavy atom. The molecule has 6 heteroatoms. The van der Waals surface area contributed by atoms with Crippen LogP contribution in [0.1, 0.15) is 10.4 Å². The smallest absolute Gasteiger partial charge is 0.335 e. The number of para-hydroxylation sites is 1. The maximum absolute atomic E-state index is 10.9. The summed E-state index contributed by atoms with van der Waals surface area (Å²) in [5.74, 6) is -0.995. The van der Waals surface area contributed by atoms with Gasteiger partial charge in [-0.05, 0) is 24.3 Å². The van der Waals surface area contributed by atoms with Crippen molar-refractivity contribution in [1.29, 1.82) is 0 Å². The monoisotopic (exact) mass is 297 g/mol. The molecule has 0 aliphatic rings. The molecule has 0 spiro atoms. The molecule has 3 aromatic rings. The molecule has 21 heavy (non-hydrogen) atoms. The van der Waals surface area contributed by atoms with Crippen LogP contribution in [-0.4, -0.2) is 21.0 Å². The molecule has 3 N–H and O–H groups in total. The van der Waals surface area contributed by atoms with Crippen LogP contribution in [0.25, 0.3) is 10.9 Å². The van der Waals surface area contributed by atoms with Crippen molar-refractivity contribution in [2.45, 2.75) is 9.92 Å². The first-order chi connectivity index (χ1) is 10.1. The second-order valence-corrected chi connectivity index (χ2v) is 5.39. The molecular formula is C15H11N3O2S. The molecule has 0 saturated heterocycles. The molecule has 0 fully saturated rings. The Balaban J connectivity index is 2.01. The van der Waals surface area contributed by atoms with Gasteiger partial charge in [-0.3, -0.25) is 0 Å². The van der Waals surface area contributed by atoms with Crippen LogP contribution >= 0.6 is 11.8 Å². The van der Waals surface area contributed by atoms with Crippen molar-refractivity contribution in [1.82, 2.24) is 9.97 Å². The van der Waals surface area contributed by atoms with Gasteiger partial charge < -0.3 is 10.8 Å². The third-order valence-electron chi connectivity index (χ3n) is 2.97. The number of aromatic nitrogens is 2. The predicted octanol–water partition coefficient (Wildman–Crippen LogP) is 3.06. The Hall–Kier alpha value is -2.60. The summed E-state index contributed by atoms with van der Waals surface area (Å²) < 4.78 is 0. The van der Waals surface area contributed by atoms with Crippen LogP contribution in [-0.2, 0) is 0 Å². The Bertz CT molecular complexity index is 831. The molecular weight excluding hydrogens is 286 g/mol. The van der Waals surface area contributed by atoms with Crippen molar-refractivity contribution in [3.8, 4) is 0 Å². The van der Waals surface area contributed by atoms with Crippen LogP contribution in [0.3, 0.4) is 0 Å². The van der Waals surface area contributed by atoms with Gasteiger partial charge in [0.25, 0.3) is 0 Å². The fraction of sp³-hybridized carbons (Fsp3) is 0. The van der Waals surface area contributed by atoms with E-state index in [-0.39, 0.29) is 5.56 Å². The van der Waals surface area contributed by atoms with E-state index >= 15 is 0 Å². The average Bonchev–Trinajstić information content (AvgIpc) is 2.49. The first-order valence-electron chi connectivity index (χ1n) is 6.15.